The lowest BCUT2D eigenvalue weighted by Gasteiger charge is -2.11. The van der Waals surface area contributed by atoms with Gasteiger partial charge in [0, 0.05) is 5.57 Å². The Bertz CT molecular complexity index is 784. The predicted octanol–water partition coefficient (Wildman–Crippen LogP) is 3.28. The van der Waals surface area contributed by atoms with Crippen molar-refractivity contribution in [2.75, 3.05) is 7.11 Å². The molecule has 0 fully saturated rings. The van der Waals surface area contributed by atoms with Gasteiger partial charge in [-0.05, 0) is 22.8 Å². The van der Waals surface area contributed by atoms with Crippen molar-refractivity contribution in [2.24, 2.45) is 0 Å². The van der Waals surface area contributed by atoms with Crippen LogP contribution in [0, 0.1) is 0 Å². The molecular weight excluding hydrogens is 276 g/mol. The Labute approximate surface area is 128 Å². The molecule has 3 nitrogen and oxygen atoms in total. The lowest BCUT2D eigenvalue weighted by Crippen LogP contribution is -2.11. The Kier molecular flexibility index (Phi) is 3.71. The van der Waals surface area contributed by atoms with E-state index in [1.54, 1.807) is 0 Å². The second-order valence-corrected chi connectivity index (χ2v) is 4.90. The number of methoxy groups -OCH3 is 1. The number of carbonyl (C=O) groups excluding carboxylic acids is 2. The number of ether oxygens (including phenoxy) is 1. The normalized spacial score (nSPS) is 14.0. The first-order valence-electron chi connectivity index (χ1n) is 6.92. The van der Waals surface area contributed by atoms with Crippen molar-refractivity contribution in [2.45, 2.75) is 0 Å². The molecule has 3 heteroatoms. The van der Waals surface area contributed by atoms with Crippen molar-refractivity contribution in [3.63, 3.8) is 0 Å². The average molecular weight is 290 g/mol. The molecule has 22 heavy (non-hydrogen) atoms. The van der Waals surface area contributed by atoms with Crippen LogP contribution in [0.15, 0.2) is 72.3 Å². The SMILES string of the molecule is COC(=O)C1=C(c2ccccc2)C(c2ccccc2)=CC1=O. The summed E-state index contributed by atoms with van der Waals surface area (Å²) in [6, 6.07) is 19.0. The van der Waals surface area contributed by atoms with E-state index >= 15 is 0 Å². The van der Waals surface area contributed by atoms with Crippen LogP contribution >= 0.6 is 0 Å². The third-order valence-electron chi connectivity index (χ3n) is 3.58. The van der Waals surface area contributed by atoms with Gasteiger partial charge in [0.25, 0.3) is 0 Å². The molecule has 0 atom stereocenters. The lowest BCUT2D eigenvalue weighted by molar-refractivity contribution is -0.137. The number of hydrogen-bond acceptors (Lipinski definition) is 3. The summed E-state index contributed by atoms with van der Waals surface area (Å²) in [5.41, 5.74) is 3.19. The third kappa shape index (κ3) is 2.37. The van der Waals surface area contributed by atoms with Crippen LogP contribution in [0.25, 0.3) is 11.1 Å². The largest absolute Gasteiger partial charge is 0.465 e. The highest BCUT2D eigenvalue weighted by Gasteiger charge is 2.31. The molecule has 2 aromatic carbocycles. The van der Waals surface area contributed by atoms with Gasteiger partial charge in [-0.1, -0.05) is 60.7 Å². The number of benzene rings is 2. The molecule has 1 aliphatic carbocycles. The van der Waals surface area contributed by atoms with E-state index in [2.05, 4.69) is 0 Å². The van der Waals surface area contributed by atoms with Gasteiger partial charge in [0.1, 0.15) is 5.57 Å². The van der Waals surface area contributed by atoms with Gasteiger partial charge in [-0.15, -0.1) is 0 Å². The van der Waals surface area contributed by atoms with E-state index in [9.17, 15) is 9.59 Å². The number of hydrogen-bond donors (Lipinski definition) is 0. The zero-order valence-corrected chi connectivity index (χ0v) is 12.1. The summed E-state index contributed by atoms with van der Waals surface area (Å²) in [5.74, 6) is -0.921. The highest BCUT2D eigenvalue weighted by atomic mass is 16.5. The predicted molar refractivity (Wildman–Crippen MR) is 84.8 cm³/mol. The van der Waals surface area contributed by atoms with Crippen LogP contribution in [0.4, 0.5) is 0 Å². The molecule has 0 aliphatic heterocycles. The molecular formula is C19H14O3. The van der Waals surface area contributed by atoms with Crippen molar-refractivity contribution in [1.29, 1.82) is 0 Å². The summed E-state index contributed by atoms with van der Waals surface area (Å²) in [4.78, 5) is 24.4. The minimum absolute atomic E-state index is 0.0903. The molecule has 0 unspecified atom stereocenters. The number of ketones is 1. The molecule has 0 spiro atoms. The number of rotatable bonds is 3. The molecule has 0 aromatic heterocycles. The Morgan fingerprint density at radius 3 is 1.95 bits per heavy atom. The molecule has 0 saturated heterocycles. The van der Waals surface area contributed by atoms with Crippen molar-refractivity contribution < 1.29 is 14.3 Å². The van der Waals surface area contributed by atoms with Crippen molar-refractivity contribution in [1.82, 2.24) is 0 Å². The van der Waals surface area contributed by atoms with Crippen LogP contribution in [0.5, 0.6) is 0 Å². The maximum atomic E-state index is 12.3. The highest BCUT2D eigenvalue weighted by molar-refractivity contribution is 6.38. The average Bonchev–Trinajstić information content (AvgIpc) is 2.93. The van der Waals surface area contributed by atoms with Crippen LogP contribution in [0.2, 0.25) is 0 Å². The van der Waals surface area contributed by atoms with Crippen LogP contribution in [-0.4, -0.2) is 18.9 Å². The van der Waals surface area contributed by atoms with E-state index < -0.39 is 5.97 Å². The summed E-state index contributed by atoms with van der Waals surface area (Å²) in [6.07, 6.45) is 1.50. The van der Waals surface area contributed by atoms with Crippen molar-refractivity contribution in [3.05, 3.63) is 83.4 Å². The Morgan fingerprint density at radius 1 is 0.864 bits per heavy atom. The van der Waals surface area contributed by atoms with Gasteiger partial charge < -0.3 is 4.74 Å². The molecule has 0 bridgehead atoms. The molecule has 3 rings (SSSR count). The molecule has 2 aromatic rings. The van der Waals surface area contributed by atoms with Gasteiger partial charge in [-0.2, -0.15) is 0 Å². The van der Waals surface area contributed by atoms with Crippen molar-refractivity contribution >= 4 is 22.9 Å². The summed E-state index contributed by atoms with van der Waals surface area (Å²) in [7, 11) is 1.28. The zero-order valence-electron chi connectivity index (χ0n) is 12.1. The molecule has 1 aliphatic rings. The molecule has 108 valence electrons. The standard InChI is InChI=1S/C19H14O3/c1-22-19(21)18-16(20)12-15(13-8-4-2-5-9-13)17(18)14-10-6-3-7-11-14/h2-12H,1H3. The Morgan fingerprint density at radius 2 is 1.41 bits per heavy atom. The number of allylic oxidation sites excluding steroid dienone is 3. The lowest BCUT2D eigenvalue weighted by atomic mass is 9.93. The first-order chi connectivity index (χ1) is 10.7. The Hall–Kier alpha value is -2.94. The summed E-state index contributed by atoms with van der Waals surface area (Å²) in [6.45, 7) is 0. The van der Waals surface area contributed by atoms with Gasteiger partial charge in [-0.3, -0.25) is 4.79 Å². The van der Waals surface area contributed by atoms with Crippen LogP contribution in [0.3, 0.4) is 0 Å². The van der Waals surface area contributed by atoms with Gasteiger partial charge in [-0.25, -0.2) is 4.79 Å². The first-order valence-corrected chi connectivity index (χ1v) is 6.92. The highest BCUT2D eigenvalue weighted by Crippen LogP contribution is 2.39. The van der Waals surface area contributed by atoms with E-state index in [4.69, 9.17) is 4.74 Å². The van der Waals surface area contributed by atoms with E-state index in [1.165, 1.54) is 13.2 Å². The maximum Gasteiger partial charge on any atom is 0.342 e. The van der Waals surface area contributed by atoms with Crippen LogP contribution in [0.1, 0.15) is 11.1 Å². The van der Waals surface area contributed by atoms with E-state index in [1.807, 2.05) is 60.7 Å². The van der Waals surface area contributed by atoms with E-state index in [0.29, 0.717) is 5.57 Å². The van der Waals surface area contributed by atoms with Gasteiger partial charge >= 0.3 is 5.97 Å². The van der Waals surface area contributed by atoms with Crippen LogP contribution in [-0.2, 0) is 14.3 Å². The fourth-order valence-electron chi connectivity index (χ4n) is 2.59. The second-order valence-electron chi connectivity index (χ2n) is 4.90. The van der Waals surface area contributed by atoms with Crippen LogP contribution < -0.4 is 0 Å². The quantitative estimate of drug-likeness (QED) is 0.643. The maximum absolute atomic E-state index is 12.3. The molecule has 0 heterocycles. The monoisotopic (exact) mass is 290 g/mol. The minimum atomic E-state index is -0.606. The third-order valence-corrected chi connectivity index (χ3v) is 3.58. The summed E-state index contributed by atoms with van der Waals surface area (Å²) >= 11 is 0. The summed E-state index contributed by atoms with van der Waals surface area (Å²) < 4.78 is 4.79. The van der Waals surface area contributed by atoms with E-state index in [-0.39, 0.29) is 11.4 Å². The molecule has 0 saturated carbocycles. The number of carbonyl (C=O) groups is 2. The fraction of sp³-hybridized carbons (Fsp3) is 0.0526. The summed E-state index contributed by atoms with van der Waals surface area (Å²) in [5, 5.41) is 0. The fourth-order valence-corrected chi connectivity index (χ4v) is 2.59. The van der Waals surface area contributed by atoms with Gasteiger partial charge in [0.15, 0.2) is 5.78 Å². The van der Waals surface area contributed by atoms with Crippen molar-refractivity contribution in [3.8, 4) is 0 Å². The smallest absolute Gasteiger partial charge is 0.342 e. The second kappa shape index (κ2) is 5.82. The van der Waals surface area contributed by atoms with Gasteiger partial charge in [0.2, 0.25) is 0 Å². The van der Waals surface area contributed by atoms with E-state index in [0.717, 1.165) is 16.7 Å². The number of esters is 1. The topological polar surface area (TPSA) is 43.4 Å². The molecule has 0 N–H and O–H groups in total. The zero-order chi connectivity index (χ0) is 15.5. The molecule has 0 amide bonds. The Balaban J connectivity index is 2.23. The van der Waals surface area contributed by atoms with Gasteiger partial charge in [0.05, 0.1) is 7.11 Å². The molecule has 0 radical (unpaired) electrons. The first kappa shape index (κ1) is 14.0. The minimum Gasteiger partial charge on any atom is -0.465 e.